The van der Waals surface area contributed by atoms with Crippen molar-refractivity contribution in [3.05, 3.63) is 0 Å². The van der Waals surface area contributed by atoms with Crippen LogP contribution < -0.4 is 5.73 Å². The zero-order valence-corrected chi connectivity index (χ0v) is 10.3. The fraction of sp³-hybridized carbons (Fsp3) is 0.917. The molecule has 0 aromatic rings. The molecule has 0 radical (unpaired) electrons. The molecule has 0 atom stereocenters. The summed E-state index contributed by atoms with van der Waals surface area (Å²) in [6.45, 7) is 5.04. The van der Waals surface area contributed by atoms with Crippen LogP contribution in [0.2, 0.25) is 0 Å². The average molecular weight is 228 g/mol. The molecule has 4 heteroatoms. The number of unbranched alkanes of at least 4 members (excludes halogenated alkanes) is 1. The van der Waals surface area contributed by atoms with Crippen LogP contribution in [0.4, 0.5) is 0 Å². The molecular formula is C12H24N2O2. The second kappa shape index (κ2) is 6.86. The Morgan fingerprint density at radius 1 is 1.25 bits per heavy atom. The van der Waals surface area contributed by atoms with Crippen LogP contribution in [-0.4, -0.2) is 32.3 Å². The van der Waals surface area contributed by atoms with E-state index in [0.29, 0.717) is 19.6 Å². The summed E-state index contributed by atoms with van der Waals surface area (Å²) in [7, 11) is 0. The van der Waals surface area contributed by atoms with Gasteiger partial charge in [-0.05, 0) is 19.3 Å². The maximum atomic E-state index is 7.28. The zero-order chi connectivity index (χ0) is 11.9. The Labute approximate surface area is 98.0 Å². The smallest absolute Gasteiger partial charge is 0.0911 e. The van der Waals surface area contributed by atoms with Crippen molar-refractivity contribution in [2.45, 2.75) is 39.0 Å². The second-order valence-electron chi connectivity index (χ2n) is 4.72. The molecule has 94 valence electrons. The molecule has 0 aliphatic heterocycles. The minimum atomic E-state index is 0.190. The van der Waals surface area contributed by atoms with Crippen LogP contribution in [0.1, 0.15) is 39.0 Å². The minimum absolute atomic E-state index is 0.190. The van der Waals surface area contributed by atoms with Crippen molar-refractivity contribution in [3.8, 4) is 0 Å². The van der Waals surface area contributed by atoms with Gasteiger partial charge in [0.15, 0.2) is 0 Å². The normalized spacial score (nSPS) is 17.3. The summed E-state index contributed by atoms with van der Waals surface area (Å²) >= 11 is 0. The molecular weight excluding hydrogens is 204 g/mol. The molecule has 0 heterocycles. The molecule has 1 fully saturated rings. The summed E-state index contributed by atoms with van der Waals surface area (Å²) < 4.78 is 11.0. The lowest BCUT2D eigenvalue weighted by molar-refractivity contribution is 0.0291. The Kier molecular flexibility index (Phi) is 5.77. The van der Waals surface area contributed by atoms with E-state index >= 15 is 0 Å². The van der Waals surface area contributed by atoms with Gasteiger partial charge in [-0.3, -0.25) is 5.41 Å². The molecule has 4 nitrogen and oxygen atoms in total. The topological polar surface area (TPSA) is 68.3 Å². The zero-order valence-electron chi connectivity index (χ0n) is 10.3. The molecule has 0 aromatic carbocycles. The number of ether oxygens (including phenoxy) is 2. The number of rotatable bonds is 10. The van der Waals surface area contributed by atoms with E-state index in [1.807, 2.05) is 0 Å². The van der Waals surface area contributed by atoms with Gasteiger partial charge in [0.1, 0.15) is 0 Å². The predicted octanol–water partition coefficient (Wildman–Crippen LogP) is 1.93. The average Bonchev–Trinajstić information content (AvgIpc) is 2.96. The number of nitrogens with one attached hydrogen (secondary N) is 1. The SMILES string of the molecule is CCCCOCCOCC1(CC(=N)N)CC1. The van der Waals surface area contributed by atoms with Crippen LogP contribution in [0.5, 0.6) is 0 Å². The highest BCUT2D eigenvalue weighted by atomic mass is 16.5. The Balaban J connectivity index is 1.93. The highest BCUT2D eigenvalue weighted by molar-refractivity contribution is 5.78. The number of hydrogen-bond acceptors (Lipinski definition) is 3. The van der Waals surface area contributed by atoms with Gasteiger partial charge in [-0.1, -0.05) is 13.3 Å². The maximum absolute atomic E-state index is 7.28. The summed E-state index contributed by atoms with van der Waals surface area (Å²) in [6.07, 6.45) is 5.26. The molecule has 0 spiro atoms. The Hall–Kier alpha value is -0.610. The van der Waals surface area contributed by atoms with Gasteiger partial charge < -0.3 is 15.2 Å². The molecule has 0 unspecified atom stereocenters. The number of nitrogens with two attached hydrogens (primary N) is 1. The van der Waals surface area contributed by atoms with E-state index in [2.05, 4.69) is 6.92 Å². The van der Waals surface area contributed by atoms with Crippen molar-refractivity contribution in [1.82, 2.24) is 0 Å². The summed E-state index contributed by atoms with van der Waals surface area (Å²) in [6, 6.07) is 0. The lowest BCUT2D eigenvalue weighted by atomic mass is 10.0. The van der Waals surface area contributed by atoms with E-state index in [4.69, 9.17) is 20.6 Å². The monoisotopic (exact) mass is 228 g/mol. The fourth-order valence-corrected chi connectivity index (χ4v) is 1.71. The molecule has 0 amide bonds. The summed E-state index contributed by atoms with van der Waals surface area (Å²) in [4.78, 5) is 0. The van der Waals surface area contributed by atoms with Gasteiger partial charge in [-0.15, -0.1) is 0 Å². The van der Waals surface area contributed by atoms with Gasteiger partial charge in [0.2, 0.25) is 0 Å². The molecule has 0 bridgehead atoms. The van der Waals surface area contributed by atoms with Crippen LogP contribution >= 0.6 is 0 Å². The molecule has 1 saturated carbocycles. The minimum Gasteiger partial charge on any atom is -0.388 e. The molecule has 1 rings (SSSR count). The van der Waals surface area contributed by atoms with E-state index in [1.165, 1.54) is 6.42 Å². The van der Waals surface area contributed by atoms with Crippen LogP contribution in [0.3, 0.4) is 0 Å². The van der Waals surface area contributed by atoms with E-state index in [-0.39, 0.29) is 11.3 Å². The van der Waals surface area contributed by atoms with Crippen LogP contribution in [0.15, 0.2) is 0 Å². The van der Waals surface area contributed by atoms with E-state index in [9.17, 15) is 0 Å². The van der Waals surface area contributed by atoms with Gasteiger partial charge in [0.05, 0.1) is 25.7 Å². The first-order chi connectivity index (χ1) is 7.68. The largest absolute Gasteiger partial charge is 0.388 e. The Morgan fingerprint density at radius 3 is 2.50 bits per heavy atom. The van der Waals surface area contributed by atoms with Crippen LogP contribution in [0, 0.1) is 10.8 Å². The van der Waals surface area contributed by atoms with Crippen LogP contribution in [-0.2, 0) is 9.47 Å². The quantitative estimate of drug-likeness (QED) is 0.341. The molecule has 16 heavy (non-hydrogen) atoms. The molecule has 1 aliphatic carbocycles. The lowest BCUT2D eigenvalue weighted by Crippen LogP contribution is -2.21. The fourth-order valence-electron chi connectivity index (χ4n) is 1.71. The first-order valence-corrected chi connectivity index (χ1v) is 6.17. The predicted molar refractivity (Wildman–Crippen MR) is 64.7 cm³/mol. The van der Waals surface area contributed by atoms with Gasteiger partial charge >= 0.3 is 0 Å². The molecule has 0 saturated heterocycles. The van der Waals surface area contributed by atoms with Gasteiger partial charge in [0.25, 0.3) is 0 Å². The standard InChI is InChI=1S/C12H24N2O2/c1-2-3-6-15-7-8-16-10-12(4-5-12)9-11(13)14/h2-10H2,1H3,(H3,13,14). The van der Waals surface area contributed by atoms with E-state index < -0.39 is 0 Å². The summed E-state index contributed by atoms with van der Waals surface area (Å²) in [5.74, 6) is 0.278. The lowest BCUT2D eigenvalue weighted by Gasteiger charge is -2.14. The van der Waals surface area contributed by atoms with Crippen molar-refractivity contribution in [2.75, 3.05) is 26.4 Å². The number of amidine groups is 1. The van der Waals surface area contributed by atoms with Crippen molar-refractivity contribution in [2.24, 2.45) is 11.1 Å². The summed E-state index contributed by atoms with van der Waals surface area (Å²) in [5, 5.41) is 7.28. The van der Waals surface area contributed by atoms with Crippen LogP contribution in [0.25, 0.3) is 0 Å². The summed E-state index contributed by atoms with van der Waals surface area (Å²) in [5.41, 5.74) is 5.60. The van der Waals surface area contributed by atoms with E-state index in [1.54, 1.807) is 0 Å². The first-order valence-electron chi connectivity index (χ1n) is 6.17. The third-order valence-electron chi connectivity index (χ3n) is 2.95. The Bertz CT molecular complexity index is 215. The van der Waals surface area contributed by atoms with Gasteiger partial charge in [0, 0.05) is 18.4 Å². The van der Waals surface area contributed by atoms with Crippen molar-refractivity contribution in [3.63, 3.8) is 0 Å². The number of hydrogen-bond donors (Lipinski definition) is 2. The van der Waals surface area contributed by atoms with Crippen molar-refractivity contribution < 1.29 is 9.47 Å². The third-order valence-corrected chi connectivity index (χ3v) is 2.95. The molecule has 1 aliphatic rings. The van der Waals surface area contributed by atoms with E-state index in [0.717, 1.165) is 32.5 Å². The Morgan fingerprint density at radius 2 is 1.94 bits per heavy atom. The molecule has 3 N–H and O–H groups in total. The van der Waals surface area contributed by atoms with Gasteiger partial charge in [-0.25, -0.2) is 0 Å². The first kappa shape index (κ1) is 13.5. The van der Waals surface area contributed by atoms with Gasteiger partial charge in [-0.2, -0.15) is 0 Å². The third kappa shape index (κ3) is 5.47. The maximum Gasteiger partial charge on any atom is 0.0911 e. The second-order valence-corrected chi connectivity index (χ2v) is 4.72. The highest BCUT2D eigenvalue weighted by Crippen LogP contribution is 2.48. The van der Waals surface area contributed by atoms with Crippen molar-refractivity contribution in [1.29, 1.82) is 5.41 Å². The molecule has 0 aromatic heterocycles. The van der Waals surface area contributed by atoms with Crippen molar-refractivity contribution >= 4 is 5.84 Å². The highest BCUT2D eigenvalue weighted by Gasteiger charge is 2.43.